The Kier molecular flexibility index (Phi) is 8.59. The summed E-state index contributed by atoms with van der Waals surface area (Å²) >= 11 is 0. The maximum atomic E-state index is 14.4. The molecule has 0 spiro atoms. The van der Waals surface area contributed by atoms with Crippen molar-refractivity contribution >= 4 is 5.97 Å². The van der Waals surface area contributed by atoms with E-state index in [1.807, 2.05) is 37.3 Å². The first-order chi connectivity index (χ1) is 16.3. The minimum absolute atomic E-state index is 0.00363. The lowest BCUT2D eigenvalue weighted by atomic mass is 9.64. The van der Waals surface area contributed by atoms with E-state index in [0.717, 1.165) is 24.8 Å². The van der Waals surface area contributed by atoms with Gasteiger partial charge in [-0.15, -0.1) is 0 Å². The van der Waals surface area contributed by atoms with E-state index in [0.29, 0.717) is 24.3 Å². The summed E-state index contributed by atoms with van der Waals surface area (Å²) in [6, 6.07) is 16.4. The number of unbranched alkanes of at least 4 members (excludes halogenated alkanes) is 3. The molecule has 182 valence electrons. The van der Waals surface area contributed by atoms with Crippen LogP contribution in [0.4, 0.5) is 13.2 Å². The number of hydrogen-bond acceptors (Lipinski definition) is 2. The summed E-state index contributed by atoms with van der Waals surface area (Å²) in [5, 5.41) is 9.31. The summed E-state index contributed by atoms with van der Waals surface area (Å²) in [5.41, 5.74) is 0.162. The van der Waals surface area contributed by atoms with Crippen molar-refractivity contribution in [3.05, 3.63) is 89.5 Å². The van der Waals surface area contributed by atoms with Gasteiger partial charge in [0.05, 0.1) is 11.5 Å². The molecule has 0 bridgehead atoms. The molecule has 1 N–H and O–H groups in total. The number of rotatable bonds is 11. The van der Waals surface area contributed by atoms with Crippen LogP contribution in [0.25, 0.3) is 0 Å². The molecule has 0 fully saturated rings. The van der Waals surface area contributed by atoms with Crippen LogP contribution in [0.5, 0.6) is 5.75 Å². The Labute approximate surface area is 199 Å². The zero-order chi connectivity index (χ0) is 24.6. The van der Waals surface area contributed by atoms with Gasteiger partial charge < -0.3 is 9.84 Å². The topological polar surface area (TPSA) is 46.5 Å². The highest BCUT2D eigenvalue weighted by Crippen LogP contribution is 2.50. The number of carboxylic acid groups (broad SMARTS) is 1. The first-order valence-corrected chi connectivity index (χ1v) is 11.7. The quantitative estimate of drug-likeness (QED) is 0.342. The molecule has 0 radical (unpaired) electrons. The lowest BCUT2D eigenvalue weighted by Crippen LogP contribution is -2.43. The fourth-order valence-corrected chi connectivity index (χ4v) is 4.58. The summed E-state index contributed by atoms with van der Waals surface area (Å²) in [6.45, 7) is 2.38. The van der Waals surface area contributed by atoms with Crippen LogP contribution in [0.1, 0.15) is 56.6 Å². The number of halogens is 3. The molecule has 34 heavy (non-hydrogen) atoms. The Balaban J connectivity index is 1.89. The van der Waals surface area contributed by atoms with Gasteiger partial charge in [0.25, 0.3) is 0 Å². The summed E-state index contributed by atoms with van der Waals surface area (Å²) in [7, 11) is 0. The van der Waals surface area contributed by atoms with Crippen LogP contribution in [0.2, 0.25) is 0 Å². The van der Waals surface area contributed by atoms with E-state index in [1.54, 1.807) is 24.3 Å². The number of carboxylic acids is 1. The standard InChI is InChI=1S/C28H31F3O3/c1-2-3-4-8-11-25(28(29,30)31)27(18-16-22(17-19-27)26(32)33)23-12-14-24(15-13-23)34-20-21-9-6-5-7-10-21/h5-7,9-10,12-18,25H,2-4,8,11,19-20H2,1H3,(H,32,33). The molecule has 3 rings (SSSR count). The number of benzene rings is 2. The molecule has 6 heteroatoms. The van der Waals surface area contributed by atoms with Gasteiger partial charge in [0.1, 0.15) is 12.4 Å². The number of ether oxygens (including phenoxy) is 1. The molecule has 3 nitrogen and oxygen atoms in total. The van der Waals surface area contributed by atoms with Crippen LogP contribution in [-0.4, -0.2) is 17.3 Å². The molecule has 2 aromatic rings. The molecule has 0 saturated heterocycles. The Bertz CT molecular complexity index is 994. The smallest absolute Gasteiger partial charge is 0.392 e. The minimum Gasteiger partial charge on any atom is -0.489 e. The van der Waals surface area contributed by atoms with Crippen molar-refractivity contribution in [2.24, 2.45) is 5.92 Å². The molecule has 2 atom stereocenters. The molecule has 1 aliphatic rings. The Hall–Kier alpha value is -3.02. The highest BCUT2D eigenvalue weighted by molar-refractivity contribution is 5.90. The van der Waals surface area contributed by atoms with Gasteiger partial charge in [0.2, 0.25) is 0 Å². The molecule has 0 saturated carbocycles. The number of carbonyl (C=O) groups is 1. The van der Waals surface area contributed by atoms with E-state index in [4.69, 9.17) is 4.74 Å². The van der Waals surface area contributed by atoms with Crippen molar-refractivity contribution in [1.29, 1.82) is 0 Å². The molecule has 0 amide bonds. The van der Waals surface area contributed by atoms with Gasteiger partial charge in [-0.3, -0.25) is 0 Å². The van der Waals surface area contributed by atoms with Crippen molar-refractivity contribution in [3.63, 3.8) is 0 Å². The summed E-state index contributed by atoms with van der Waals surface area (Å²) in [6.07, 6.45) is 2.78. The number of allylic oxidation sites excluding steroid dienone is 2. The average Bonchev–Trinajstić information content (AvgIpc) is 2.83. The summed E-state index contributed by atoms with van der Waals surface area (Å²) < 4.78 is 49.0. The molecular formula is C28H31F3O3. The second-order valence-electron chi connectivity index (χ2n) is 8.78. The molecular weight excluding hydrogens is 441 g/mol. The lowest BCUT2D eigenvalue weighted by Gasteiger charge is -2.41. The second-order valence-corrected chi connectivity index (χ2v) is 8.78. The van der Waals surface area contributed by atoms with Gasteiger partial charge >= 0.3 is 12.1 Å². The van der Waals surface area contributed by atoms with Gasteiger partial charge in [0.15, 0.2) is 0 Å². The third-order valence-electron chi connectivity index (χ3n) is 6.47. The maximum absolute atomic E-state index is 14.4. The summed E-state index contributed by atoms with van der Waals surface area (Å²) in [4.78, 5) is 11.4. The van der Waals surface area contributed by atoms with Crippen LogP contribution in [0.3, 0.4) is 0 Å². The first kappa shape index (κ1) is 25.6. The van der Waals surface area contributed by atoms with Gasteiger partial charge in [-0.1, -0.05) is 93.3 Å². The zero-order valence-corrected chi connectivity index (χ0v) is 19.4. The Morgan fingerprint density at radius 3 is 2.32 bits per heavy atom. The number of alkyl halides is 3. The van der Waals surface area contributed by atoms with Crippen LogP contribution in [0.15, 0.2) is 78.4 Å². The summed E-state index contributed by atoms with van der Waals surface area (Å²) in [5.74, 6) is -2.19. The van der Waals surface area contributed by atoms with E-state index in [2.05, 4.69) is 0 Å². The van der Waals surface area contributed by atoms with Gasteiger partial charge in [0, 0.05) is 5.41 Å². The SMILES string of the molecule is CCCCCCC(C(F)(F)F)C1(c2ccc(OCc3ccccc3)cc2)C=CC(C(=O)O)=CC1. The largest absolute Gasteiger partial charge is 0.489 e. The molecule has 1 aliphatic carbocycles. The van der Waals surface area contributed by atoms with Crippen LogP contribution in [-0.2, 0) is 16.8 Å². The highest BCUT2D eigenvalue weighted by Gasteiger charge is 2.52. The van der Waals surface area contributed by atoms with Gasteiger partial charge in [-0.2, -0.15) is 13.2 Å². The van der Waals surface area contributed by atoms with Crippen LogP contribution < -0.4 is 4.74 Å². The normalized spacial score (nSPS) is 18.9. The van der Waals surface area contributed by atoms with Crippen molar-refractivity contribution < 1.29 is 27.8 Å². The predicted molar refractivity (Wildman–Crippen MR) is 127 cm³/mol. The fourth-order valence-electron chi connectivity index (χ4n) is 4.58. The van der Waals surface area contributed by atoms with E-state index < -0.39 is 23.5 Å². The van der Waals surface area contributed by atoms with Crippen molar-refractivity contribution in [1.82, 2.24) is 0 Å². The van der Waals surface area contributed by atoms with Crippen molar-refractivity contribution in [3.8, 4) is 5.75 Å². The van der Waals surface area contributed by atoms with Gasteiger partial charge in [-0.05, 0) is 36.1 Å². The van der Waals surface area contributed by atoms with E-state index in [9.17, 15) is 23.1 Å². The lowest BCUT2D eigenvalue weighted by molar-refractivity contribution is -0.191. The van der Waals surface area contributed by atoms with Gasteiger partial charge in [-0.25, -0.2) is 4.79 Å². The highest BCUT2D eigenvalue weighted by atomic mass is 19.4. The van der Waals surface area contributed by atoms with E-state index >= 15 is 0 Å². The zero-order valence-electron chi connectivity index (χ0n) is 19.4. The maximum Gasteiger partial charge on any atom is 0.392 e. The first-order valence-electron chi connectivity index (χ1n) is 11.7. The molecule has 0 aliphatic heterocycles. The second kappa shape index (κ2) is 11.4. The molecule has 2 unspecified atom stereocenters. The monoisotopic (exact) mass is 472 g/mol. The van der Waals surface area contributed by atoms with E-state index in [-0.39, 0.29) is 18.4 Å². The molecule has 0 heterocycles. The minimum atomic E-state index is -4.42. The van der Waals surface area contributed by atoms with Crippen LogP contribution in [0, 0.1) is 5.92 Å². The third kappa shape index (κ3) is 6.31. The molecule has 2 aromatic carbocycles. The van der Waals surface area contributed by atoms with Crippen molar-refractivity contribution in [2.45, 2.75) is 63.6 Å². The Morgan fingerprint density at radius 2 is 1.76 bits per heavy atom. The Morgan fingerprint density at radius 1 is 1.06 bits per heavy atom. The van der Waals surface area contributed by atoms with E-state index in [1.165, 1.54) is 18.2 Å². The van der Waals surface area contributed by atoms with Crippen LogP contribution >= 0.6 is 0 Å². The molecule has 0 aromatic heterocycles. The van der Waals surface area contributed by atoms with Crippen molar-refractivity contribution in [2.75, 3.05) is 0 Å². The predicted octanol–water partition coefficient (Wildman–Crippen LogP) is 7.62. The number of aliphatic carboxylic acids is 1. The third-order valence-corrected chi connectivity index (χ3v) is 6.47. The fraction of sp³-hybridized carbons (Fsp3) is 0.393. The average molecular weight is 473 g/mol. The number of hydrogen-bond donors (Lipinski definition) is 1.